The number of rotatable bonds is 5. The van der Waals surface area contributed by atoms with Crippen LogP contribution in [-0.2, 0) is 16.2 Å². The number of hydrogen-bond acceptors (Lipinski definition) is 3. The maximum Gasteiger partial charge on any atom is 0.418 e. The summed E-state index contributed by atoms with van der Waals surface area (Å²) in [6.45, 7) is 4.70. The molecule has 4 nitrogen and oxygen atoms in total. The Morgan fingerprint density at radius 1 is 1.30 bits per heavy atom. The van der Waals surface area contributed by atoms with Gasteiger partial charge in [-0.05, 0) is 39.0 Å². The zero-order valence-electron chi connectivity index (χ0n) is 11.3. The Hall–Kier alpha value is -1.44. The van der Waals surface area contributed by atoms with E-state index in [1.165, 1.54) is 13.0 Å². The summed E-state index contributed by atoms with van der Waals surface area (Å²) < 4.78 is 68.8. The molecule has 0 spiro atoms. The first-order valence-electron chi connectivity index (χ1n) is 5.93. The van der Waals surface area contributed by atoms with Gasteiger partial charge in [0.1, 0.15) is 5.75 Å². The molecule has 0 aliphatic carbocycles. The van der Waals surface area contributed by atoms with Crippen molar-refractivity contribution in [3.8, 4) is 5.75 Å². The van der Waals surface area contributed by atoms with Crippen LogP contribution in [0.2, 0.25) is 0 Å². The number of sulfonamides is 1. The van der Waals surface area contributed by atoms with Gasteiger partial charge in [0.05, 0.1) is 23.1 Å². The molecule has 20 heavy (non-hydrogen) atoms. The van der Waals surface area contributed by atoms with Crippen LogP contribution in [0.25, 0.3) is 0 Å². The average molecular weight is 311 g/mol. The van der Waals surface area contributed by atoms with E-state index in [-0.39, 0.29) is 17.6 Å². The molecule has 8 heteroatoms. The molecule has 0 bridgehead atoms. The van der Waals surface area contributed by atoms with Crippen molar-refractivity contribution < 1.29 is 26.3 Å². The van der Waals surface area contributed by atoms with E-state index in [1.54, 1.807) is 13.8 Å². The van der Waals surface area contributed by atoms with Crippen LogP contribution < -0.4 is 9.46 Å². The summed E-state index contributed by atoms with van der Waals surface area (Å²) in [5.74, 6) is -0.277. The number of hydrogen-bond donors (Lipinski definition) is 1. The molecule has 1 aromatic rings. The topological polar surface area (TPSA) is 55.4 Å². The molecule has 1 aromatic carbocycles. The van der Waals surface area contributed by atoms with Crippen molar-refractivity contribution in [2.24, 2.45) is 0 Å². The van der Waals surface area contributed by atoms with Crippen LogP contribution in [0.15, 0.2) is 18.2 Å². The number of halogens is 3. The minimum absolute atomic E-state index is 0.0340. The predicted octanol–water partition coefficient (Wildman–Crippen LogP) is 3.25. The molecular weight excluding hydrogens is 295 g/mol. The number of nitrogens with one attached hydrogen (secondary N) is 1. The normalized spacial score (nSPS) is 12.6. The first-order chi connectivity index (χ1) is 9.05. The van der Waals surface area contributed by atoms with Gasteiger partial charge in [-0.25, -0.2) is 8.42 Å². The molecule has 0 atom stereocenters. The lowest BCUT2D eigenvalue weighted by Crippen LogP contribution is -2.18. The second-order valence-corrected chi connectivity index (χ2v) is 6.39. The lowest BCUT2D eigenvalue weighted by Gasteiger charge is -2.17. The Morgan fingerprint density at radius 3 is 2.35 bits per heavy atom. The Balaban J connectivity index is 3.24. The third-order valence-electron chi connectivity index (χ3n) is 2.31. The fraction of sp³-hybridized carbons (Fsp3) is 0.500. The summed E-state index contributed by atoms with van der Waals surface area (Å²) in [4.78, 5) is 0. The predicted molar refractivity (Wildman–Crippen MR) is 70.3 cm³/mol. The lowest BCUT2D eigenvalue weighted by molar-refractivity contribution is -0.137. The van der Waals surface area contributed by atoms with Crippen LogP contribution >= 0.6 is 0 Å². The van der Waals surface area contributed by atoms with Crippen molar-refractivity contribution in [3.63, 3.8) is 0 Å². The molecule has 114 valence electrons. The maximum atomic E-state index is 13.0. The van der Waals surface area contributed by atoms with Crippen LogP contribution in [0.4, 0.5) is 18.9 Å². The van der Waals surface area contributed by atoms with Gasteiger partial charge < -0.3 is 4.74 Å². The van der Waals surface area contributed by atoms with E-state index in [2.05, 4.69) is 0 Å². The van der Waals surface area contributed by atoms with E-state index in [1.807, 2.05) is 4.72 Å². The molecule has 0 unspecified atom stereocenters. The Kier molecular flexibility index (Phi) is 4.90. The van der Waals surface area contributed by atoms with Crippen LogP contribution in [0.3, 0.4) is 0 Å². The van der Waals surface area contributed by atoms with Crippen LogP contribution in [0.5, 0.6) is 5.75 Å². The first-order valence-corrected chi connectivity index (χ1v) is 7.59. The van der Waals surface area contributed by atoms with Crippen molar-refractivity contribution in [2.45, 2.75) is 33.1 Å². The fourth-order valence-electron chi connectivity index (χ4n) is 1.43. The third-order valence-corrected chi connectivity index (χ3v) is 3.60. The summed E-state index contributed by atoms with van der Waals surface area (Å²) in [6.07, 6.45) is -4.96. The zero-order chi connectivity index (χ0) is 15.6. The quantitative estimate of drug-likeness (QED) is 0.908. The van der Waals surface area contributed by atoms with Crippen molar-refractivity contribution in [1.29, 1.82) is 0 Å². The average Bonchev–Trinajstić information content (AvgIpc) is 2.29. The SMILES string of the molecule is CCS(=O)(=O)Nc1ccc(OC(C)C)cc1C(F)(F)F. The molecule has 0 radical (unpaired) electrons. The van der Waals surface area contributed by atoms with Gasteiger partial charge in [-0.1, -0.05) is 0 Å². The second kappa shape index (κ2) is 5.90. The molecule has 0 fully saturated rings. The second-order valence-electron chi connectivity index (χ2n) is 4.38. The highest BCUT2D eigenvalue weighted by Crippen LogP contribution is 2.37. The summed E-state index contributed by atoms with van der Waals surface area (Å²) in [7, 11) is -3.78. The molecule has 0 saturated carbocycles. The summed E-state index contributed by atoms with van der Waals surface area (Å²) >= 11 is 0. The molecule has 0 saturated heterocycles. The van der Waals surface area contributed by atoms with E-state index >= 15 is 0 Å². The van der Waals surface area contributed by atoms with Crippen molar-refractivity contribution in [1.82, 2.24) is 0 Å². The molecule has 0 aromatic heterocycles. The highest BCUT2D eigenvalue weighted by atomic mass is 32.2. The minimum atomic E-state index is -4.68. The van der Waals surface area contributed by atoms with E-state index in [4.69, 9.17) is 4.74 Å². The number of ether oxygens (including phenoxy) is 1. The largest absolute Gasteiger partial charge is 0.491 e. The molecule has 0 aliphatic heterocycles. The molecule has 1 N–H and O–H groups in total. The van der Waals surface area contributed by atoms with E-state index in [9.17, 15) is 21.6 Å². The zero-order valence-corrected chi connectivity index (χ0v) is 12.1. The van der Waals surface area contributed by atoms with Gasteiger partial charge in [0.25, 0.3) is 0 Å². The van der Waals surface area contributed by atoms with Crippen LogP contribution in [0.1, 0.15) is 26.3 Å². The van der Waals surface area contributed by atoms with Crippen molar-refractivity contribution in [3.05, 3.63) is 23.8 Å². The van der Waals surface area contributed by atoms with Crippen LogP contribution in [-0.4, -0.2) is 20.3 Å². The van der Waals surface area contributed by atoms with Gasteiger partial charge in [-0.15, -0.1) is 0 Å². The molecule has 1 rings (SSSR count). The van der Waals surface area contributed by atoms with E-state index < -0.39 is 27.5 Å². The Bertz CT molecular complexity index is 568. The van der Waals surface area contributed by atoms with Crippen molar-refractivity contribution >= 4 is 15.7 Å². The fourth-order valence-corrected chi connectivity index (χ4v) is 2.09. The van der Waals surface area contributed by atoms with Crippen molar-refractivity contribution in [2.75, 3.05) is 10.5 Å². The Labute approximate surface area is 116 Å². The highest BCUT2D eigenvalue weighted by Gasteiger charge is 2.35. The first kappa shape index (κ1) is 16.6. The molecular formula is C12H16F3NO3S. The molecule has 0 amide bonds. The Morgan fingerprint density at radius 2 is 1.90 bits per heavy atom. The summed E-state index contributed by atoms with van der Waals surface area (Å²) in [5.41, 5.74) is -1.58. The summed E-state index contributed by atoms with van der Waals surface area (Å²) in [5, 5.41) is 0. The smallest absolute Gasteiger partial charge is 0.418 e. The standard InChI is InChI=1S/C12H16F3NO3S/c1-4-20(17,18)16-11-6-5-9(19-8(2)3)7-10(11)12(13,14)15/h5-8,16H,4H2,1-3H3. The molecule has 0 heterocycles. The van der Waals surface area contributed by atoms with Crippen LogP contribution in [0, 0.1) is 0 Å². The summed E-state index contributed by atoms with van der Waals surface area (Å²) in [6, 6.07) is 3.13. The number of benzene rings is 1. The van der Waals surface area contributed by atoms with Gasteiger partial charge in [0.15, 0.2) is 0 Å². The van der Waals surface area contributed by atoms with E-state index in [0.717, 1.165) is 12.1 Å². The minimum Gasteiger partial charge on any atom is -0.491 e. The third kappa shape index (κ3) is 4.59. The van der Waals surface area contributed by atoms with Gasteiger partial charge in [-0.3, -0.25) is 4.72 Å². The van der Waals surface area contributed by atoms with Gasteiger partial charge >= 0.3 is 6.18 Å². The highest BCUT2D eigenvalue weighted by molar-refractivity contribution is 7.92. The van der Waals surface area contributed by atoms with E-state index in [0.29, 0.717) is 0 Å². The number of alkyl halides is 3. The lowest BCUT2D eigenvalue weighted by atomic mass is 10.1. The van der Waals surface area contributed by atoms with Gasteiger partial charge in [0, 0.05) is 0 Å². The van der Waals surface area contributed by atoms with Gasteiger partial charge in [0.2, 0.25) is 10.0 Å². The monoisotopic (exact) mass is 311 g/mol. The number of anilines is 1. The maximum absolute atomic E-state index is 13.0. The van der Waals surface area contributed by atoms with Gasteiger partial charge in [-0.2, -0.15) is 13.2 Å². The molecule has 0 aliphatic rings.